The molecule has 0 spiro atoms. The van der Waals surface area contributed by atoms with Crippen molar-refractivity contribution in [1.82, 2.24) is 9.97 Å². The van der Waals surface area contributed by atoms with Crippen LogP contribution < -0.4 is 10.6 Å². The third-order valence-electron chi connectivity index (χ3n) is 3.32. The first kappa shape index (κ1) is 13.0. The fourth-order valence-electron chi connectivity index (χ4n) is 2.18. The first-order chi connectivity index (χ1) is 9.22. The van der Waals surface area contributed by atoms with Crippen molar-refractivity contribution in [3.05, 3.63) is 28.3 Å². The standard InChI is InChI=1S/C13H15BrN4S/c14-12-2-1-11(19-12)9-7-16-13(17-8-9)18-5-3-10(15)4-6-18/h1-2,7-8,10H,3-6,15H2. The molecule has 19 heavy (non-hydrogen) atoms. The van der Waals surface area contributed by atoms with Crippen LogP contribution in [0.1, 0.15) is 12.8 Å². The Labute approximate surface area is 124 Å². The van der Waals surface area contributed by atoms with Gasteiger partial charge in [-0.25, -0.2) is 9.97 Å². The van der Waals surface area contributed by atoms with Crippen LogP contribution in [0, 0.1) is 0 Å². The first-order valence-electron chi connectivity index (χ1n) is 6.30. The summed E-state index contributed by atoms with van der Waals surface area (Å²) in [7, 11) is 0. The molecule has 2 aromatic rings. The fourth-order valence-corrected chi connectivity index (χ4v) is 3.54. The lowest BCUT2D eigenvalue weighted by atomic mass is 10.1. The van der Waals surface area contributed by atoms with E-state index in [2.05, 4.69) is 36.9 Å². The van der Waals surface area contributed by atoms with Gasteiger partial charge in [0.25, 0.3) is 0 Å². The molecule has 0 amide bonds. The van der Waals surface area contributed by atoms with Crippen molar-refractivity contribution in [2.24, 2.45) is 5.73 Å². The van der Waals surface area contributed by atoms with Crippen molar-refractivity contribution in [2.75, 3.05) is 18.0 Å². The van der Waals surface area contributed by atoms with Gasteiger partial charge < -0.3 is 10.6 Å². The average molecular weight is 339 g/mol. The average Bonchev–Trinajstić information content (AvgIpc) is 2.87. The molecule has 4 nitrogen and oxygen atoms in total. The summed E-state index contributed by atoms with van der Waals surface area (Å²) >= 11 is 5.16. The molecule has 0 atom stereocenters. The number of piperidine rings is 1. The molecule has 2 aromatic heterocycles. The van der Waals surface area contributed by atoms with Gasteiger partial charge in [0.05, 0.1) is 3.79 Å². The van der Waals surface area contributed by atoms with E-state index < -0.39 is 0 Å². The second kappa shape index (κ2) is 5.56. The van der Waals surface area contributed by atoms with Crippen molar-refractivity contribution in [3.63, 3.8) is 0 Å². The molecule has 0 unspecified atom stereocenters. The number of thiophene rings is 1. The predicted octanol–water partition coefficient (Wildman–Crippen LogP) is 2.90. The van der Waals surface area contributed by atoms with Gasteiger partial charge in [-0.2, -0.15) is 0 Å². The molecule has 0 aliphatic carbocycles. The summed E-state index contributed by atoms with van der Waals surface area (Å²) in [5.74, 6) is 0.811. The Bertz CT molecular complexity index is 546. The SMILES string of the molecule is NC1CCN(c2ncc(-c3ccc(Br)s3)cn2)CC1. The van der Waals surface area contributed by atoms with E-state index in [1.807, 2.05) is 18.5 Å². The van der Waals surface area contributed by atoms with E-state index in [0.717, 1.165) is 41.2 Å². The van der Waals surface area contributed by atoms with E-state index in [0.29, 0.717) is 6.04 Å². The highest BCUT2D eigenvalue weighted by atomic mass is 79.9. The number of hydrogen-bond acceptors (Lipinski definition) is 5. The molecule has 0 radical (unpaired) electrons. The number of anilines is 1. The Balaban J connectivity index is 1.75. The molecule has 2 N–H and O–H groups in total. The highest BCUT2D eigenvalue weighted by Gasteiger charge is 2.18. The minimum Gasteiger partial charge on any atom is -0.341 e. The number of nitrogens with two attached hydrogens (primary N) is 1. The number of nitrogens with zero attached hydrogens (tertiary/aromatic N) is 3. The Morgan fingerprint density at radius 3 is 2.47 bits per heavy atom. The Morgan fingerprint density at radius 1 is 1.21 bits per heavy atom. The van der Waals surface area contributed by atoms with Crippen molar-refractivity contribution in [2.45, 2.75) is 18.9 Å². The molecule has 3 heterocycles. The molecule has 1 aliphatic heterocycles. The summed E-state index contributed by atoms with van der Waals surface area (Å²) in [6, 6.07) is 4.45. The van der Waals surface area contributed by atoms with Crippen LogP contribution in [0.25, 0.3) is 10.4 Å². The summed E-state index contributed by atoms with van der Waals surface area (Å²) < 4.78 is 1.12. The largest absolute Gasteiger partial charge is 0.341 e. The summed E-state index contributed by atoms with van der Waals surface area (Å²) in [6.45, 7) is 1.90. The quantitative estimate of drug-likeness (QED) is 0.914. The number of rotatable bonds is 2. The smallest absolute Gasteiger partial charge is 0.225 e. The lowest BCUT2D eigenvalue weighted by Gasteiger charge is -2.30. The van der Waals surface area contributed by atoms with Gasteiger partial charge in [0.1, 0.15) is 0 Å². The Hall–Kier alpha value is -0.980. The van der Waals surface area contributed by atoms with Crippen LogP contribution in [-0.4, -0.2) is 29.1 Å². The van der Waals surface area contributed by atoms with Crippen LogP contribution in [0.2, 0.25) is 0 Å². The normalized spacial score (nSPS) is 16.8. The first-order valence-corrected chi connectivity index (χ1v) is 7.91. The zero-order valence-electron chi connectivity index (χ0n) is 10.4. The number of aromatic nitrogens is 2. The summed E-state index contributed by atoms with van der Waals surface area (Å²) in [4.78, 5) is 12.3. The lowest BCUT2D eigenvalue weighted by Crippen LogP contribution is -2.40. The molecule has 3 rings (SSSR count). The third-order valence-corrected chi connectivity index (χ3v) is 4.99. The van der Waals surface area contributed by atoms with E-state index >= 15 is 0 Å². The molecular formula is C13H15BrN4S. The van der Waals surface area contributed by atoms with E-state index in [1.165, 1.54) is 4.88 Å². The molecule has 1 aliphatic rings. The maximum absolute atomic E-state index is 5.91. The topological polar surface area (TPSA) is 55.0 Å². The molecule has 0 aromatic carbocycles. The Kier molecular flexibility index (Phi) is 3.81. The van der Waals surface area contributed by atoms with Crippen LogP contribution >= 0.6 is 27.3 Å². The van der Waals surface area contributed by atoms with Crippen LogP contribution in [0.3, 0.4) is 0 Å². The van der Waals surface area contributed by atoms with Crippen molar-refractivity contribution >= 4 is 33.2 Å². The van der Waals surface area contributed by atoms with Crippen molar-refractivity contribution in [1.29, 1.82) is 0 Å². The van der Waals surface area contributed by atoms with Crippen LogP contribution in [0.5, 0.6) is 0 Å². The predicted molar refractivity (Wildman–Crippen MR) is 82.5 cm³/mol. The zero-order chi connectivity index (χ0) is 13.2. The highest BCUT2D eigenvalue weighted by Crippen LogP contribution is 2.30. The van der Waals surface area contributed by atoms with E-state index in [4.69, 9.17) is 5.73 Å². The van der Waals surface area contributed by atoms with Crippen molar-refractivity contribution < 1.29 is 0 Å². The van der Waals surface area contributed by atoms with Gasteiger partial charge in [-0.3, -0.25) is 0 Å². The minimum atomic E-state index is 0.332. The van der Waals surface area contributed by atoms with E-state index in [9.17, 15) is 0 Å². The Morgan fingerprint density at radius 2 is 1.89 bits per heavy atom. The van der Waals surface area contributed by atoms with Gasteiger partial charge in [0.2, 0.25) is 5.95 Å². The van der Waals surface area contributed by atoms with Crippen LogP contribution in [0.4, 0.5) is 5.95 Å². The van der Waals surface area contributed by atoms with Gasteiger partial charge in [0, 0.05) is 42.0 Å². The third kappa shape index (κ3) is 2.96. The maximum Gasteiger partial charge on any atom is 0.225 e. The molecular weight excluding hydrogens is 324 g/mol. The van der Waals surface area contributed by atoms with E-state index in [1.54, 1.807) is 11.3 Å². The van der Waals surface area contributed by atoms with Crippen LogP contribution in [0.15, 0.2) is 28.3 Å². The van der Waals surface area contributed by atoms with E-state index in [-0.39, 0.29) is 0 Å². The van der Waals surface area contributed by atoms with Crippen molar-refractivity contribution in [3.8, 4) is 10.4 Å². The summed E-state index contributed by atoms with van der Waals surface area (Å²) in [5, 5.41) is 0. The molecule has 1 fully saturated rings. The zero-order valence-corrected chi connectivity index (χ0v) is 12.8. The second-order valence-corrected chi connectivity index (χ2v) is 7.16. The summed E-state index contributed by atoms with van der Waals surface area (Å²) in [6.07, 6.45) is 5.83. The van der Waals surface area contributed by atoms with Gasteiger partial charge in [0.15, 0.2) is 0 Å². The lowest BCUT2D eigenvalue weighted by molar-refractivity contribution is 0.495. The molecule has 1 saturated heterocycles. The minimum absolute atomic E-state index is 0.332. The molecule has 0 bridgehead atoms. The maximum atomic E-state index is 5.91. The second-order valence-electron chi connectivity index (χ2n) is 4.70. The summed E-state index contributed by atoms with van der Waals surface area (Å²) in [5.41, 5.74) is 6.97. The number of hydrogen-bond donors (Lipinski definition) is 1. The number of halogens is 1. The van der Waals surface area contributed by atoms with Crippen LogP contribution in [-0.2, 0) is 0 Å². The monoisotopic (exact) mass is 338 g/mol. The van der Waals surface area contributed by atoms with Gasteiger partial charge in [-0.1, -0.05) is 0 Å². The van der Waals surface area contributed by atoms with Gasteiger partial charge in [-0.05, 0) is 40.9 Å². The highest BCUT2D eigenvalue weighted by molar-refractivity contribution is 9.11. The van der Waals surface area contributed by atoms with Gasteiger partial charge in [-0.15, -0.1) is 11.3 Å². The fraction of sp³-hybridized carbons (Fsp3) is 0.385. The molecule has 0 saturated carbocycles. The molecule has 100 valence electrons. The molecule has 6 heteroatoms. The van der Waals surface area contributed by atoms with Gasteiger partial charge >= 0.3 is 0 Å².